The fraction of sp³-hybridized carbons (Fsp3) is 0.286. The molecule has 56 valence electrons. The molecule has 0 unspecified atom stereocenters. The van der Waals surface area contributed by atoms with E-state index in [1.165, 1.54) is 13.2 Å². The van der Waals surface area contributed by atoms with Gasteiger partial charge < -0.3 is 0 Å². The zero-order chi connectivity index (χ0) is 7.82. The Morgan fingerprint density at radius 2 is 2.50 bits per heavy atom. The van der Waals surface area contributed by atoms with Crippen molar-refractivity contribution in [2.24, 2.45) is 0 Å². The summed E-state index contributed by atoms with van der Waals surface area (Å²) in [6.07, 6.45) is 3.28. The molecule has 0 N–H and O–H groups in total. The molecule has 0 aromatic carbocycles. The number of carbonyl (C=O) groups is 1. The van der Waals surface area contributed by atoms with Crippen molar-refractivity contribution in [2.45, 2.75) is 5.32 Å². The third-order valence-corrected chi connectivity index (χ3v) is 2.30. The van der Waals surface area contributed by atoms with Crippen LogP contribution in [0, 0.1) is 0 Å². The third-order valence-electron chi connectivity index (χ3n) is 0.716. The van der Waals surface area contributed by atoms with Crippen molar-refractivity contribution < 1.29 is 9.53 Å². The second-order valence-electron chi connectivity index (χ2n) is 1.45. The van der Waals surface area contributed by atoms with Crippen molar-refractivity contribution in [3.05, 3.63) is 23.7 Å². The van der Waals surface area contributed by atoms with Crippen LogP contribution >= 0.6 is 0 Å². The van der Waals surface area contributed by atoms with Gasteiger partial charge in [0.15, 0.2) is 0 Å². The van der Waals surface area contributed by atoms with Gasteiger partial charge in [-0.15, -0.1) is 0 Å². The quantitative estimate of drug-likeness (QED) is 0.225. The molecule has 0 amide bonds. The first-order valence-corrected chi connectivity index (χ1v) is 4.98. The normalized spacial score (nSPS) is 9.70. The Morgan fingerprint density at radius 3 is 3.00 bits per heavy atom. The summed E-state index contributed by atoms with van der Waals surface area (Å²) in [5.41, 5.74) is 0. The molecule has 3 heteroatoms. The van der Waals surface area contributed by atoms with E-state index in [0.717, 1.165) is 5.32 Å². The van der Waals surface area contributed by atoms with E-state index in [9.17, 15) is 4.79 Å². The van der Waals surface area contributed by atoms with Crippen LogP contribution in [0.1, 0.15) is 0 Å². The van der Waals surface area contributed by atoms with Gasteiger partial charge in [0, 0.05) is 0 Å². The monoisotopic (exact) mass is 206 g/mol. The Balaban J connectivity index is 3.35. The summed E-state index contributed by atoms with van der Waals surface area (Å²) in [6.45, 7) is 3.56. The SMILES string of the molecule is C=CC[Se]/C=C\C(=O)OC. The van der Waals surface area contributed by atoms with Crippen LogP contribution in [-0.4, -0.2) is 28.0 Å². The predicted molar refractivity (Wildman–Crippen MR) is 41.9 cm³/mol. The molecule has 0 heterocycles. The van der Waals surface area contributed by atoms with E-state index in [4.69, 9.17) is 0 Å². The van der Waals surface area contributed by atoms with Gasteiger partial charge in [0.1, 0.15) is 0 Å². The molecule has 10 heavy (non-hydrogen) atoms. The van der Waals surface area contributed by atoms with Gasteiger partial charge in [0.05, 0.1) is 0 Å². The zero-order valence-electron chi connectivity index (χ0n) is 5.87. The molecule has 0 radical (unpaired) electrons. The summed E-state index contributed by atoms with van der Waals surface area (Å²) in [5.74, 6) is -0.286. The van der Waals surface area contributed by atoms with Gasteiger partial charge >= 0.3 is 66.6 Å². The number of rotatable bonds is 4. The molecule has 2 nitrogen and oxygen atoms in total. The summed E-state index contributed by atoms with van der Waals surface area (Å²) in [5, 5.41) is 0.959. The van der Waals surface area contributed by atoms with Crippen molar-refractivity contribution in [1.82, 2.24) is 0 Å². The molecular formula is C7H10O2Se. The molecule has 0 rings (SSSR count). The van der Waals surface area contributed by atoms with Crippen LogP contribution in [0.4, 0.5) is 0 Å². The number of ether oxygens (including phenoxy) is 1. The molecule has 0 atom stereocenters. The van der Waals surface area contributed by atoms with E-state index in [0.29, 0.717) is 15.0 Å². The van der Waals surface area contributed by atoms with Gasteiger partial charge in [0.25, 0.3) is 0 Å². The van der Waals surface area contributed by atoms with Crippen LogP contribution in [0.5, 0.6) is 0 Å². The van der Waals surface area contributed by atoms with E-state index in [1.807, 2.05) is 11.1 Å². The molecule has 0 aromatic heterocycles. The first-order chi connectivity index (χ1) is 4.81. The number of esters is 1. The number of carbonyl (C=O) groups excluding carboxylic acids is 1. The Hall–Kier alpha value is -0.531. The summed E-state index contributed by atoms with van der Waals surface area (Å²) >= 11 is 0.357. The second kappa shape index (κ2) is 6.59. The third kappa shape index (κ3) is 5.60. The molecular weight excluding hydrogens is 195 g/mol. The summed E-state index contributed by atoms with van der Waals surface area (Å²) in [6, 6.07) is 0. The Kier molecular flexibility index (Phi) is 6.24. The summed E-state index contributed by atoms with van der Waals surface area (Å²) < 4.78 is 4.39. The van der Waals surface area contributed by atoms with Crippen molar-refractivity contribution in [2.75, 3.05) is 7.11 Å². The average molecular weight is 205 g/mol. The molecule has 0 aromatic rings. The van der Waals surface area contributed by atoms with E-state index in [-0.39, 0.29) is 5.97 Å². The molecule has 0 bridgehead atoms. The summed E-state index contributed by atoms with van der Waals surface area (Å²) in [7, 11) is 1.37. The molecule has 0 saturated heterocycles. The summed E-state index contributed by atoms with van der Waals surface area (Å²) in [4.78, 5) is 12.3. The average Bonchev–Trinajstić information content (AvgIpc) is 1.98. The van der Waals surface area contributed by atoms with Gasteiger partial charge in [0.2, 0.25) is 0 Å². The molecule has 0 saturated carbocycles. The van der Waals surface area contributed by atoms with Crippen molar-refractivity contribution in [3.8, 4) is 0 Å². The molecule has 0 spiro atoms. The van der Waals surface area contributed by atoms with Crippen molar-refractivity contribution >= 4 is 20.9 Å². The van der Waals surface area contributed by atoms with E-state index in [1.54, 1.807) is 0 Å². The van der Waals surface area contributed by atoms with Crippen LogP contribution in [0.2, 0.25) is 5.32 Å². The number of hydrogen-bond acceptors (Lipinski definition) is 2. The van der Waals surface area contributed by atoms with E-state index >= 15 is 0 Å². The number of hydrogen-bond donors (Lipinski definition) is 0. The van der Waals surface area contributed by atoms with Crippen molar-refractivity contribution in [1.29, 1.82) is 0 Å². The second-order valence-corrected chi connectivity index (χ2v) is 3.42. The predicted octanol–water partition coefficient (Wildman–Crippen LogP) is 0.982. The topological polar surface area (TPSA) is 26.3 Å². The van der Waals surface area contributed by atoms with Gasteiger partial charge in [-0.1, -0.05) is 0 Å². The minimum absolute atomic E-state index is 0.286. The fourth-order valence-electron chi connectivity index (χ4n) is 0.295. The Morgan fingerprint density at radius 1 is 1.80 bits per heavy atom. The van der Waals surface area contributed by atoms with E-state index in [2.05, 4.69) is 11.3 Å². The number of methoxy groups -OCH3 is 1. The molecule has 0 aliphatic rings. The zero-order valence-corrected chi connectivity index (χ0v) is 7.58. The van der Waals surface area contributed by atoms with Gasteiger partial charge in [-0.3, -0.25) is 0 Å². The maximum absolute atomic E-state index is 10.5. The van der Waals surface area contributed by atoms with Crippen LogP contribution in [0.15, 0.2) is 23.7 Å². The Bertz CT molecular complexity index is 141. The number of allylic oxidation sites excluding steroid dienone is 1. The van der Waals surface area contributed by atoms with Crippen LogP contribution < -0.4 is 0 Å². The maximum atomic E-state index is 10.5. The molecule has 0 aliphatic heterocycles. The molecule has 0 fully saturated rings. The van der Waals surface area contributed by atoms with Crippen LogP contribution in [0.3, 0.4) is 0 Å². The van der Waals surface area contributed by atoms with E-state index < -0.39 is 0 Å². The van der Waals surface area contributed by atoms with Gasteiger partial charge in [-0.2, -0.15) is 0 Å². The first kappa shape index (κ1) is 9.47. The first-order valence-electron chi connectivity index (χ1n) is 2.78. The minimum atomic E-state index is -0.286. The van der Waals surface area contributed by atoms with Crippen LogP contribution in [-0.2, 0) is 9.53 Å². The van der Waals surface area contributed by atoms with Gasteiger partial charge in [-0.05, 0) is 0 Å². The molecule has 0 aliphatic carbocycles. The van der Waals surface area contributed by atoms with Gasteiger partial charge in [-0.25, -0.2) is 0 Å². The standard InChI is InChI=1S/C7H10O2Se/c1-3-5-10-6-4-7(8)9-2/h3-4,6H,1,5H2,2H3/b6-4-. The van der Waals surface area contributed by atoms with Crippen molar-refractivity contribution in [3.63, 3.8) is 0 Å². The van der Waals surface area contributed by atoms with Crippen LogP contribution in [0.25, 0.3) is 0 Å². The Labute approximate surface area is 67.1 Å². The fourth-order valence-corrected chi connectivity index (χ4v) is 1.25.